The molecule has 1 aromatic carbocycles. The van der Waals surface area contributed by atoms with E-state index in [1.807, 2.05) is 0 Å². The number of halogens is 2. The van der Waals surface area contributed by atoms with Gasteiger partial charge in [-0.15, -0.1) is 10.2 Å². The Hall–Kier alpha value is -2.40. The van der Waals surface area contributed by atoms with Crippen molar-refractivity contribution >= 4 is 17.7 Å². The quantitative estimate of drug-likeness (QED) is 0.504. The minimum atomic E-state index is -2.89. The van der Waals surface area contributed by atoms with Crippen LogP contribution < -0.4 is 15.9 Å². The van der Waals surface area contributed by atoms with Crippen LogP contribution >= 0.6 is 11.8 Å². The van der Waals surface area contributed by atoms with E-state index >= 15 is 0 Å². The van der Waals surface area contributed by atoms with Crippen molar-refractivity contribution in [3.63, 3.8) is 0 Å². The minimum absolute atomic E-state index is 0.0352. The maximum atomic E-state index is 12.3. The Morgan fingerprint density at radius 2 is 2.18 bits per heavy atom. The number of thioether (sulfide) groups is 1. The molecule has 1 aliphatic rings. The first kappa shape index (κ1) is 20.3. The van der Waals surface area contributed by atoms with Crippen molar-refractivity contribution in [2.45, 2.75) is 42.9 Å². The molecule has 0 spiro atoms. The molecule has 2 atom stereocenters. The number of nitrogens with two attached hydrogens (primary N) is 1. The first-order chi connectivity index (χ1) is 13.4. The van der Waals surface area contributed by atoms with Gasteiger partial charge in [0.25, 0.3) is 0 Å². The number of ether oxygens (including phenoxy) is 2. The lowest BCUT2D eigenvalue weighted by molar-refractivity contribution is -0.120. The van der Waals surface area contributed by atoms with Gasteiger partial charge in [-0.1, -0.05) is 11.8 Å². The van der Waals surface area contributed by atoms with E-state index in [4.69, 9.17) is 10.6 Å². The fourth-order valence-corrected chi connectivity index (χ4v) is 3.51. The summed E-state index contributed by atoms with van der Waals surface area (Å²) in [7, 11) is 0. The summed E-state index contributed by atoms with van der Waals surface area (Å²) in [4.78, 5) is 12.3. The highest BCUT2D eigenvalue weighted by Crippen LogP contribution is 2.26. The van der Waals surface area contributed by atoms with Crippen LogP contribution in [0.4, 0.5) is 8.78 Å². The summed E-state index contributed by atoms with van der Waals surface area (Å²) in [6.07, 6.45) is 2.03. The molecule has 1 aromatic heterocycles. The van der Waals surface area contributed by atoms with E-state index in [1.54, 1.807) is 19.1 Å². The van der Waals surface area contributed by atoms with E-state index in [-0.39, 0.29) is 17.8 Å². The van der Waals surface area contributed by atoms with Crippen LogP contribution in [0.2, 0.25) is 0 Å². The Labute approximate surface area is 164 Å². The molecule has 2 heterocycles. The van der Waals surface area contributed by atoms with Crippen LogP contribution in [0.25, 0.3) is 11.4 Å². The predicted molar refractivity (Wildman–Crippen MR) is 99.5 cm³/mol. The van der Waals surface area contributed by atoms with Gasteiger partial charge in [0.05, 0.1) is 11.4 Å². The van der Waals surface area contributed by atoms with E-state index in [1.165, 1.54) is 28.6 Å². The molecule has 0 unspecified atom stereocenters. The first-order valence-corrected chi connectivity index (χ1v) is 9.63. The van der Waals surface area contributed by atoms with Gasteiger partial charge >= 0.3 is 6.61 Å². The van der Waals surface area contributed by atoms with E-state index in [0.717, 1.165) is 19.4 Å². The molecule has 11 heteroatoms. The summed E-state index contributed by atoms with van der Waals surface area (Å²) in [6.45, 7) is 0.0801. The topological polar surface area (TPSA) is 104 Å². The van der Waals surface area contributed by atoms with Gasteiger partial charge < -0.3 is 20.6 Å². The molecular weight excluding hydrogens is 392 g/mol. The molecule has 0 bridgehead atoms. The number of nitrogens with zero attached hydrogens (tertiary/aromatic N) is 3. The summed E-state index contributed by atoms with van der Waals surface area (Å²) in [6, 6.07) is 5.89. The third-order valence-electron chi connectivity index (χ3n) is 4.18. The molecule has 3 N–H and O–H groups in total. The van der Waals surface area contributed by atoms with Crippen LogP contribution in [0.15, 0.2) is 29.4 Å². The largest absolute Gasteiger partial charge is 0.435 e. The summed E-state index contributed by atoms with van der Waals surface area (Å²) in [5, 5.41) is 10.8. The molecule has 0 radical (unpaired) electrons. The van der Waals surface area contributed by atoms with E-state index in [0.29, 0.717) is 23.1 Å². The molecule has 28 heavy (non-hydrogen) atoms. The Balaban J connectivity index is 1.59. The van der Waals surface area contributed by atoms with Crippen molar-refractivity contribution in [3.8, 4) is 17.1 Å². The summed E-state index contributed by atoms with van der Waals surface area (Å²) < 4.78 is 35.5. The lowest BCUT2D eigenvalue weighted by atomic mass is 10.2. The second kappa shape index (κ2) is 9.20. The van der Waals surface area contributed by atoms with Crippen molar-refractivity contribution in [1.82, 2.24) is 20.2 Å². The van der Waals surface area contributed by atoms with Crippen molar-refractivity contribution in [2.24, 2.45) is 0 Å². The Morgan fingerprint density at radius 3 is 2.82 bits per heavy atom. The molecule has 1 fully saturated rings. The van der Waals surface area contributed by atoms with E-state index in [2.05, 4.69) is 20.3 Å². The second-order valence-corrected chi connectivity index (χ2v) is 7.53. The molecule has 1 amide bonds. The second-order valence-electron chi connectivity index (χ2n) is 6.22. The van der Waals surface area contributed by atoms with Crippen molar-refractivity contribution < 1.29 is 23.0 Å². The number of benzene rings is 1. The molecule has 152 valence electrons. The van der Waals surface area contributed by atoms with Crippen LogP contribution in [0.5, 0.6) is 5.75 Å². The van der Waals surface area contributed by atoms with Crippen LogP contribution in [-0.2, 0) is 9.53 Å². The fourth-order valence-electron chi connectivity index (χ4n) is 2.71. The minimum Gasteiger partial charge on any atom is -0.435 e. The number of alkyl halides is 2. The van der Waals surface area contributed by atoms with Gasteiger partial charge in [0.2, 0.25) is 11.1 Å². The van der Waals surface area contributed by atoms with Crippen LogP contribution in [0.3, 0.4) is 0 Å². The monoisotopic (exact) mass is 413 g/mol. The zero-order valence-corrected chi connectivity index (χ0v) is 16.0. The van der Waals surface area contributed by atoms with Gasteiger partial charge in [-0.25, -0.2) is 4.68 Å². The van der Waals surface area contributed by atoms with Gasteiger partial charge in [-0.2, -0.15) is 8.78 Å². The van der Waals surface area contributed by atoms with Crippen LogP contribution in [0.1, 0.15) is 19.8 Å². The zero-order chi connectivity index (χ0) is 20.1. The number of amides is 1. The normalized spacial score (nSPS) is 17.6. The highest BCUT2D eigenvalue weighted by atomic mass is 32.2. The van der Waals surface area contributed by atoms with Gasteiger partial charge in [-0.05, 0) is 44.0 Å². The van der Waals surface area contributed by atoms with Crippen molar-refractivity contribution in [1.29, 1.82) is 0 Å². The van der Waals surface area contributed by atoms with Crippen molar-refractivity contribution in [2.75, 3.05) is 19.0 Å². The highest BCUT2D eigenvalue weighted by molar-refractivity contribution is 8.00. The smallest absolute Gasteiger partial charge is 0.387 e. The van der Waals surface area contributed by atoms with Crippen LogP contribution in [-0.4, -0.2) is 51.9 Å². The summed E-state index contributed by atoms with van der Waals surface area (Å²) in [5.41, 5.74) is 0.582. The average Bonchev–Trinajstić information content (AvgIpc) is 3.30. The Kier molecular flexibility index (Phi) is 6.68. The lowest BCUT2D eigenvalue weighted by Crippen LogP contribution is -2.36. The molecule has 1 aliphatic heterocycles. The number of nitrogens with one attached hydrogen (secondary N) is 1. The maximum Gasteiger partial charge on any atom is 0.387 e. The molecule has 1 saturated heterocycles. The summed E-state index contributed by atoms with van der Waals surface area (Å²) in [5.74, 6) is 6.28. The fraction of sp³-hybridized carbons (Fsp3) is 0.471. The maximum absolute atomic E-state index is 12.3. The number of nitrogen functional groups attached to an aromatic ring is 1. The molecule has 3 rings (SSSR count). The molecule has 2 aromatic rings. The molecular formula is C17H21F2N5O3S. The highest BCUT2D eigenvalue weighted by Gasteiger charge is 2.22. The zero-order valence-electron chi connectivity index (χ0n) is 15.2. The summed E-state index contributed by atoms with van der Waals surface area (Å²) >= 11 is 1.18. The van der Waals surface area contributed by atoms with Crippen LogP contribution in [0, 0.1) is 0 Å². The van der Waals surface area contributed by atoms with E-state index in [9.17, 15) is 13.6 Å². The molecule has 0 aliphatic carbocycles. The average molecular weight is 413 g/mol. The van der Waals surface area contributed by atoms with Gasteiger partial charge in [0.15, 0.2) is 5.82 Å². The van der Waals surface area contributed by atoms with Gasteiger partial charge in [-0.3, -0.25) is 4.79 Å². The standard InChI is InChI=1S/C17H21F2N5O3S/c1-10(15(25)21-9-13-3-2-8-26-13)28-17-23-22-14(24(17)20)11-4-6-12(7-5-11)27-16(18)19/h4-7,10,13,16H,2-3,8-9,20H2,1H3,(H,21,25)/t10-,13+/m0/s1. The first-order valence-electron chi connectivity index (χ1n) is 8.75. The third-order valence-corrected chi connectivity index (χ3v) is 5.24. The Bertz CT molecular complexity index is 797. The number of aromatic nitrogens is 3. The van der Waals surface area contributed by atoms with Crippen molar-refractivity contribution in [3.05, 3.63) is 24.3 Å². The predicted octanol–water partition coefficient (Wildman–Crippen LogP) is 2.04. The Morgan fingerprint density at radius 1 is 1.43 bits per heavy atom. The number of carbonyl (C=O) groups excluding carboxylic acids is 1. The number of hydrogen-bond acceptors (Lipinski definition) is 7. The number of carbonyl (C=O) groups is 1. The molecule has 8 nitrogen and oxygen atoms in total. The number of rotatable bonds is 8. The van der Waals surface area contributed by atoms with Gasteiger partial charge in [0, 0.05) is 18.7 Å². The van der Waals surface area contributed by atoms with E-state index < -0.39 is 11.9 Å². The SMILES string of the molecule is C[C@H](Sc1nnc(-c2ccc(OC(F)F)cc2)n1N)C(=O)NC[C@H]1CCCO1. The third kappa shape index (κ3) is 5.10. The number of hydrogen-bond donors (Lipinski definition) is 2. The van der Waals surface area contributed by atoms with Gasteiger partial charge in [0.1, 0.15) is 5.75 Å². The molecule has 0 saturated carbocycles. The lowest BCUT2D eigenvalue weighted by Gasteiger charge is -2.14.